The maximum Gasteiger partial charge on any atom is 0.333 e. The highest BCUT2D eigenvalue weighted by atomic mass is 16.5. The summed E-state index contributed by atoms with van der Waals surface area (Å²) >= 11 is 0. The van der Waals surface area contributed by atoms with E-state index in [1.165, 1.54) is 6.08 Å². The number of primary amides is 1. The molecule has 5 heteroatoms. The summed E-state index contributed by atoms with van der Waals surface area (Å²) in [6.07, 6.45) is 1.37. The second-order valence-electron chi connectivity index (χ2n) is 1.80. The molecule has 0 saturated carbocycles. The van der Waals surface area contributed by atoms with Crippen LogP contribution in [0.25, 0.3) is 0 Å². The molecule has 5 nitrogen and oxygen atoms in total. The Kier molecular flexibility index (Phi) is 3.90. The second kappa shape index (κ2) is 4.45. The molecule has 0 fully saturated rings. The number of ether oxygens (including phenoxy) is 1. The van der Waals surface area contributed by atoms with Crippen molar-refractivity contribution in [3.63, 3.8) is 0 Å². The number of nitrogens with two attached hydrogens (primary N) is 2. The topological polar surface area (TPSA) is 95.4 Å². The van der Waals surface area contributed by atoms with Gasteiger partial charge in [0.05, 0.1) is 0 Å². The van der Waals surface area contributed by atoms with Gasteiger partial charge in [-0.3, -0.25) is 4.79 Å². The van der Waals surface area contributed by atoms with Crippen molar-refractivity contribution in [2.45, 2.75) is 6.04 Å². The molecule has 0 aliphatic rings. The van der Waals surface area contributed by atoms with E-state index in [-0.39, 0.29) is 6.61 Å². The molecule has 62 valence electrons. The van der Waals surface area contributed by atoms with E-state index in [1.54, 1.807) is 0 Å². The lowest BCUT2D eigenvalue weighted by molar-refractivity contribution is -0.146. The summed E-state index contributed by atoms with van der Waals surface area (Å²) in [4.78, 5) is 20.9. The maximum atomic E-state index is 10.6. The molecule has 0 bridgehead atoms. The molecular weight excluding hydrogens is 148 g/mol. The standard InChI is InChI=1S/C6H10N2O3/c1-2-3-11-6(10)4(7)5(8)9/h2,4H,1,3,7H2,(H2,8,9). The lowest BCUT2D eigenvalue weighted by Crippen LogP contribution is -2.44. The first-order valence-electron chi connectivity index (χ1n) is 2.92. The summed E-state index contributed by atoms with van der Waals surface area (Å²) in [7, 11) is 0. The van der Waals surface area contributed by atoms with Crippen LogP contribution in [-0.4, -0.2) is 24.5 Å². The fourth-order valence-corrected chi connectivity index (χ4v) is 0.347. The molecule has 11 heavy (non-hydrogen) atoms. The largest absolute Gasteiger partial charge is 0.460 e. The number of hydrogen-bond donors (Lipinski definition) is 2. The third kappa shape index (κ3) is 3.36. The lowest BCUT2D eigenvalue weighted by Gasteiger charge is -2.05. The van der Waals surface area contributed by atoms with Crippen LogP contribution in [0.4, 0.5) is 0 Å². The number of rotatable bonds is 4. The summed E-state index contributed by atoms with van der Waals surface area (Å²) in [5.74, 6) is -1.74. The van der Waals surface area contributed by atoms with Crippen molar-refractivity contribution in [3.05, 3.63) is 12.7 Å². The minimum atomic E-state index is -1.38. The van der Waals surface area contributed by atoms with Crippen LogP contribution in [0.3, 0.4) is 0 Å². The van der Waals surface area contributed by atoms with E-state index in [0.717, 1.165) is 0 Å². The van der Waals surface area contributed by atoms with Crippen molar-refractivity contribution in [1.82, 2.24) is 0 Å². The van der Waals surface area contributed by atoms with Gasteiger partial charge in [0.2, 0.25) is 5.91 Å². The average Bonchev–Trinajstić information content (AvgIpc) is 1.98. The van der Waals surface area contributed by atoms with Gasteiger partial charge in [-0.15, -0.1) is 0 Å². The Morgan fingerprint density at radius 3 is 2.55 bits per heavy atom. The van der Waals surface area contributed by atoms with Crippen molar-refractivity contribution in [3.8, 4) is 0 Å². The Hall–Kier alpha value is -1.36. The Bertz CT molecular complexity index is 179. The van der Waals surface area contributed by atoms with Crippen LogP contribution in [0.15, 0.2) is 12.7 Å². The zero-order valence-corrected chi connectivity index (χ0v) is 5.95. The predicted molar refractivity (Wildman–Crippen MR) is 38.3 cm³/mol. The van der Waals surface area contributed by atoms with Gasteiger partial charge in [-0.1, -0.05) is 12.7 Å². The van der Waals surface area contributed by atoms with Crippen molar-refractivity contribution in [1.29, 1.82) is 0 Å². The van der Waals surface area contributed by atoms with Gasteiger partial charge in [0.15, 0.2) is 6.04 Å². The predicted octanol–water partition coefficient (Wildman–Crippen LogP) is -1.47. The molecule has 0 spiro atoms. The first kappa shape index (κ1) is 9.64. The van der Waals surface area contributed by atoms with Gasteiger partial charge in [-0.2, -0.15) is 0 Å². The Morgan fingerprint density at radius 1 is 1.64 bits per heavy atom. The molecule has 0 aliphatic carbocycles. The van der Waals surface area contributed by atoms with Gasteiger partial charge in [0, 0.05) is 0 Å². The van der Waals surface area contributed by atoms with Crippen LogP contribution < -0.4 is 11.5 Å². The molecule has 0 aromatic rings. The third-order valence-corrected chi connectivity index (χ3v) is 0.904. The molecule has 1 unspecified atom stereocenters. The Morgan fingerprint density at radius 2 is 2.18 bits per heavy atom. The minimum Gasteiger partial charge on any atom is -0.460 e. The van der Waals surface area contributed by atoms with Gasteiger partial charge in [0.25, 0.3) is 0 Å². The molecule has 0 radical (unpaired) electrons. The van der Waals surface area contributed by atoms with Crippen LogP contribution in [0, 0.1) is 0 Å². The molecule has 1 amide bonds. The van der Waals surface area contributed by atoms with E-state index in [4.69, 9.17) is 11.5 Å². The molecule has 1 atom stereocenters. The van der Waals surface area contributed by atoms with E-state index in [0.29, 0.717) is 0 Å². The first-order chi connectivity index (χ1) is 5.09. The van der Waals surface area contributed by atoms with E-state index in [2.05, 4.69) is 11.3 Å². The molecule has 0 aromatic carbocycles. The fraction of sp³-hybridized carbons (Fsp3) is 0.333. The van der Waals surface area contributed by atoms with Crippen LogP contribution in [0.5, 0.6) is 0 Å². The summed E-state index contributed by atoms with van der Waals surface area (Å²) in [6.45, 7) is 3.33. The monoisotopic (exact) mass is 158 g/mol. The first-order valence-corrected chi connectivity index (χ1v) is 2.92. The summed E-state index contributed by atoms with van der Waals surface area (Å²) in [5, 5.41) is 0. The van der Waals surface area contributed by atoms with E-state index < -0.39 is 17.9 Å². The van der Waals surface area contributed by atoms with Crippen LogP contribution in [-0.2, 0) is 14.3 Å². The zero-order chi connectivity index (χ0) is 8.85. The third-order valence-electron chi connectivity index (χ3n) is 0.904. The highest BCUT2D eigenvalue weighted by molar-refractivity contribution is 6.00. The Balaban J connectivity index is 3.82. The van der Waals surface area contributed by atoms with Gasteiger partial charge in [0.1, 0.15) is 6.61 Å². The molecule has 0 aliphatic heterocycles. The van der Waals surface area contributed by atoms with Gasteiger partial charge >= 0.3 is 5.97 Å². The number of amides is 1. The summed E-state index contributed by atoms with van der Waals surface area (Å²) in [6, 6.07) is -1.38. The average molecular weight is 158 g/mol. The van der Waals surface area contributed by atoms with E-state index >= 15 is 0 Å². The number of carbonyl (C=O) groups is 2. The van der Waals surface area contributed by atoms with Crippen molar-refractivity contribution in [2.24, 2.45) is 11.5 Å². The molecular formula is C6H10N2O3. The Labute approximate surface area is 64.0 Å². The van der Waals surface area contributed by atoms with Crippen LogP contribution in [0.2, 0.25) is 0 Å². The molecule has 4 N–H and O–H groups in total. The molecule has 0 rings (SSSR count). The second-order valence-corrected chi connectivity index (χ2v) is 1.80. The van der Waals surface area contributed by atoms with Crippen molar-refractivity contribution < 1.29 is 14.3 Å². The van der Waals surface area contributed by atoms with Crippen molar-refractivity contribution >= 4 is 11.9 Å². The van der Waals surface area contributed by atoms with Crippen LogP contribution >= 0.6 is 0 Å². The highest BCUT2D eigenvalue weighted by Gasteiger charge is 2.19. The van der Waals surface area contributed by atoms with Crippen molar-refractivity contribution in [2.75, 3.05) is 6.61 Å². The SMILES string of the molecule is C=CCOC(=O)C(N)C(N)=O. The maximum absolute atomic E-state index is 10.6. The number of hydrogen-bond acceptors (Lipinski definition) is 4. The number of esters is 1. The number of carbonyl (C=O) groups excluding carboxylic acids is 2. The van der Waals surface area contributed by atoms with Gasteiger partial charge < -0.3 is 16.2 Å². The zero-order valence-electron chi connectivity index (χ0n) is 5.95. The van der Waals surface area contributed by atoms with Crippen LogP contribution in [0.1, 0.15) is 0 Å². The fourth-order valence-electron chi connectivity index (χ4n) is 0.347. The minimum absolute atomic E-state index is 0.0276. The van der Waals surface area contributed by atoms with E-state index in [9.17, 15) is 9.59 Å². The summed E-state index contributed by atoms with van der Waals surface area (Å²) < 4.78 is 4.43. The summed E-state index contributed by atoms with van der Waals surface area (Å²) in [5.41, 5.74) is 9.74. The van der Waals surface area contributed by atoms with Gasteiger partial charge in [-0.25, -0.2) is 4.79 Å². The molecule has 0 heterocycles. The van der Waals surface area contributed by atoms with Gasteiger partial charge in [-0.05, 0) is 0 Å². The smallest absolute Gasteiger partial charge is 0.333 e. The highest BCUT2D eigenvalue weighted by Crippen LogP contribution is 1.84. The molecule has 0 aromatic heterocycles. The van der Waals surface area contributed by atoms with E-state index in [1.807, 2.05) is 0 Å². The lowest BCUT2D eigenvalue weighted by atomic mass is 10.3. The molecule has 0 saturated heterocycles. The normalized spacial score (nSPS) is 11.7. The quantitative estimate of drug-likeness (QED) is 0.296.